The van der Waals surface area contributed by atoms with Crippen LogP contribution in [0.1, 0.15) is 5.69 Å². The third kappa shape index (κ3) is 5.50. The Morgan fingerprint density at radius 1 is 1.00 bits per heavy atom. The molecule has 0 aliphatic heterocycles. The van der Waals surface area contributed by atoms with E-state index in [9.17, 15) is 0 Å². The third-order valence-electron chi connectivity index (χ3n) is 2.37. The van der Waals surface area contributed by atoms with Crippen molar-refractivity contribution in [3.8, 4) is 0 Å². The summed E-state index contributed by atoms with van der Waals surface area (Å²) in [6, 6.07) is 0. The van der Waals surface area contributed by atoms with Crippen LogP contribution in [0.15, 0.2) is 18.9 Å². The van der Waals surface area contributed by atoms with E-state index < -0.39 is 0 Å². The zero-order valence-electron chi connectivity index (χ0n) is 10.5. The number of hydrogen-bond acceptors (Lipinski definition) is 2. The largest absolute Gasteiger partial charge is 2.00 e. The summed E-state index contributed by atoms with van der Waals surface area (Å²) in [5.74, 6) is 1.11. The summed E-state index contributed by atoms with van der Waals surface area (Å²) in [5, 5.41) is 8.00. The van der Waals surface area contributed by atoms with Crippen LogP contribution in [0.4, 0.5) is 0 Å². The molecule has 0 bridgehead atoms. The Kier molecular flexibility index (Phi) is 8.08. The summed E-state index contributed by atoms with van der Waals surface area (Å²) >= 11 is 0. The molecule has 0 spiro atoms. The number of hydrogen-bond donors (Lipinski definition) is 0. The first kappa shape index (κ1) is 16.5. The van der Waals surface area contributed by atoms with Gasteiger partial charge in [-0.3, -0.25) is 0 Å². The van der Waals surface area contributed by atoms with Crippen molar-refractivity contribution in [2.45, 2.75) is 6.54 Å². The van der Waals surface area contributed by atoms with Crippen molar-refractivity contribution < 1.29 is 17.1 Å². The van der Waals surface area contributed by atoms with Gasteiger partial charge in [-0.1, -0.05) is 11.3 Å². The molecule has 2 aliphatic rings. The minimum absolute atomic E-state index is 0. The Hall–Kier alpha value is -0.601. The molecule has 0 unspecified atom stereocenters. The van der Waals surface area contributed by atoms with Gasteiger partial charge in [-0.2, -0.15) is 0 Å². The summed E-state index contributed by atoms with van der Waals surface area (Å²) in [4.78, 5) is 0. The van der Waals surface area contributed by atoms with Gasteiger partial charge in [0.25, 0.3) is 0 Å². The molecule has 2 aliphatic carbocycles. The van der Waals surface area contributed by atoms with Gasteiger partial charge in [0, 0.05) is 12.1 Å². The predicted molar refractivity (Wildman–Crippen MR) is 71.3 cm³/mol. The molecule has 0 N–H and O–H groups in total. The van der Waals surface area contributed by atoms with Crippen LogP contribution < -0.4 is 0 Å². The minimum Gasteiger partial charge on any atom is -0.248 e. The molecule has 0 atom stereocenters. The van der Waals surface area contributed by atoms with Crippen molar-refractivity contribution >= 4 is 0 Å². The molecule has 0 aromatic carbocycles. The van der Waals surface area contributed by atoms with E-state index in [4.69, 9.17) is 0 Å². The summed E-state index contributed by atoms with van der Waals surface area (Å²) in [6.45, 7) is 4.34. The quantitative estimate of drug-likeness (QED) is 0.632. The Labute approximate surface area is 127 Å². The fraction of sp³-hybridized carbons (Fsp3) is 0.0667. The van der Waals surface area contributed by atoms with Crippen molar-refractivity contribution in [3.05, 3.63) is 88.3 Å². The number of allylic oxidation sites excluding steroid dienone is 1. The first-order valence-corrected chi connectivity index (χ1v) is 5.80. The molecule has 96 valence electrons. The molecule has 19 heavy (non-hydrogen) atoms. The minimum atomic E-state index is 0. The fourth-order valence-electron chi connectivity index (χ4n) is 1.52. The molecule has 0 amide bonds. The number of rotatable bonds is 3. The molecular weight excluding hydrogens is 278 g/mol. The normalized spacial score (nSPS) is 18.5. The van der Waals surface area contributed by atoms with Gasteiger partial charge in [-0.15, -0.1) is 11.7 Å². The topological polar surface area (TPSA) is 30.7 Å². The van der Waals surface area contributed by atoms with Gasteiger partial charge in [0.1, 0.15) is 0 Å². The zero-order valence-corrected chi connectivity index (χ0v) is 11.6. The van der Waals surface area contributed by atoms with Gasteiger partial charge in [-0.25, -0.2) is 4.68 Å². The Morgan fingerprint density at radius 2 is 1.58 bits per heavy atom. The first-order chi connectivity index (χ1) is 8.90. The van der Waals surface area contributed by atoms with Crippen LogP contribution in [-0.2, 0) is 23.6 Å². The van der Waals surface area contributed by atoms with Gasteiger partial charge in [0.05, 0.1) is 12.2 Å². The maximum absolute atomic E-state index is 4.04. The summed E-state index contributed by atoms with van der Waals surface area (Å²) in [6.07, 6.45) is 21.7. The van der Waals surface area contributed by atoms with Crippen LogP contribution in [0.25, 0.3) is 0 Å². The van der Waals surface area contributed by atoms with Gasteiger partial charge in [0.15, 0.2) is 0 Å². The van der Waals surface area contributed by atoms with E-state index >= 15 is 0 Å². The maximum Gasteiger partial charge on any atom is 2.00 e. The third-order valence-corrected chi connectivity index (χ3v) is 2.37. The molecule has 2 saturated carbocycles. The molecule has 10 radical (unpaired) electrons. The van der Waals surface area contributed by atoms with Gasteiger partial charge in [0.2, 0.25) is 0 Å². The van der Waals surface area contributed by atoms with E-state index in [1.807, 2.05) is 64.0 Å². The van der Waals surface area contributed by atoms with Crippen molar-refractivity contribution in [2.75, 3.05) is 0 Å². The average Bonchev–Trinajstić information content (AvgIpc) is 3.14. The van der Waals surface area contributed by atoms with Crippen molar-refractivity contribution in [1.82, 2.24) is 15.0 Å². The molecule has 1 aromatic rings. The van der Waals surface area contributed by atoms with E-state index in [1.54, 1.807) is 10.8 Å². The predicted octanol–water partition coefficient (Wildman–Crippen LogP) is 2.24. The van der Waals surface area contributed by atoms with Crippen LogP contribution >= 0.6 is 0 Å². The van der Waals surface area contributed by atoms with Crippen LogP contribution in [-0.4, -0.2) is 15.0 Å². The average molecular weight is 293 g/mol. The second-order valence-electron chi connectivity index (χ2n) is 3.75. The molecular formula is C15H15FeN3+2. The van der Waals surface area contributed by atoms with Gasteiger partial charge in [-0.05, 0) is 57.8 Å². The fourth-order valence-corrected chi connectivity index (χ4v) is 1.52. The summed E-state index contributed by atoms with van der Waals surface area (Å²) < 4.78 is 1.76. The number of nitrogens with zero attached hydrogens (tertiary/aromatic N) is 3. The van der Waals surface area contributed by atoms with E-state index in [0.29, 0.717) is 6.54 Å². The Morgan fingerprint density at radius 3 is 2.11 bits per heavy atom. The molecule has 3 rings (SSSR count). The van der Waals surface area contributed by atoms with Crippen LogP contribution in [0, 0.1) is 63.7 Å². The van der Waals surface area contributed by atoms with Crippen LogP contribution in [0.2, 0.25) is 0 Å². The van der Waals surface area contributed by atoms with E-state index in [2.05, 4.69) is 16.9 Å². The zero-order chi connectivity index (χ0) is 12.6. The second kappa shape index (κ2) is 9.33. The summed E-state index contributed by atoms with van der Waals surface area (Å²) in [5.41, 5.74) is 0.909. The van der Waals surface area contributed by atoms with Gasteiger partial charge < -0.3 is 0 Å². The van der Waals surface area contributed by atoms with Crippen molar-refractivity contribution in [1.29, 1.82) is 0 Å². The monoisotopic (exact) mass is 293 g/mol. The smallest absolute Gasteiger partial charge is 0.248 e. The van der Waals surface area contributed by atoms with Crippen molar-refractivity contribution in [2.24, 2.45) is 0 Å². The van der Waals surface area contributed by atoms with Gasteiger partial charge >= 0.3 is 17.1 Å². The van der Waals surface area contributed by atoms with Crippen LogP contribution in [0.3, 0.4) is 0 Å². The molecule has 4 heteroatoms. The number of aromatic nitrogens is 3. The molecule has 1 heterocycles. The Bertz CT molecular complexity index is 344. The first-order valence-electron chi connectivity index (χ1n) is 5.80. The molecule has 2 fully saturated rings. The molecule has 1 aromatic heterocycles. The second-order valence-corrected chi connectivity index (χ2v) is 3.75. The molecule has 3 nitrogen and oxygen atoms in total. The Balaban J connectivity index is 0.000000256. The molecule has 0 saturated heterocycles. The summed E-state index contributed by atoms with van der Waals surface area (Å²) in [7, 11) is 0. The van der Waals surface area contributed by atoms with E-state index in [0.717, 1.165) is 11.6 Å². The van der Waals surface area contributed by atoms with E-state index in [-0.39, 0.29) is 17.1 Å². The van der Waals surface area contributed by atoms with Crippen molar-refractivity contribution in [3.63, 3.8) is 0 Å². The van der Waals surface area contributed by atoms with Crippen LogP contribution in [0.5, 0.6) is 0 Å². The standard InChI is InChI=1S/C10H10N3.C5H5.Fe/c1-2-7-13-8-10(11-12-13)9-5-3-4-6-9;1-2-4-5-3-1;/h2-6,8H,1,7H2;1-5H;/q;;+2. The van der Waals surface area contributed by atoms with E-state index in [1.165, 1.54) is 0 Å². The SMILES string of the molecule is C=CCn1cc([C]2[CH][CH][CH][CH]2)nn1.[CH]1[CH][CH][CH][CH]1.[Fe+2]. The maximum atomic E-state index is 4.04.